The number of benzene rings is 2. The van der Waals surface area contributed by atoms with E-state index in [1.807, 2.05) is 12.4 Å². The van der Waals surface area contributed by atoms with Crippen LogP contribution < -0.4 is 15.0 Å². The van der Waals surface area contributed by atoms with Gasteiger partial charge in [-0.2, -0.15) is 0 Å². The highest BCUT2D eigenvalue weighted by molar-refractivity contribution is 7.17. The van der Waals surface area contributed by atoms with Crippen molar-refractivity contribution < 1.29 is 19.4 Å². The SMILES string of the molecule is CC(Oc1cc(-c2ccc(N3CCN(C(=O)O)CC3)cc2)cc2ncsc12)[C@H]1CNC(=O)C1. The summed E-state index contributed by atoms with van der Waals surface area (Å²) >= 11 is 1.56. The number of nitrogens with zero attached hydrogens (tertiary/aromatic N) is 3. The van der Waals surface area contributed by atoms with Gasteiger partial charge in [0.05, 0.1) is 15.7 Å². The summed E-state index contributed by atoms with van der Waals surface area (Å²) in [5.41, 5.74) is 5.90. The molecule has 0 bridgehead atoms. The molecule has 2 saturated heterocycles. The van der Waals surface area contributed by atoms with E-state index < -0.39 is 6.09 Å². The van der Waals surface area contributed by atoms with E-state index in [1.54, 1.807) is 11.3 Å². The molecule has 0 spiro atoms. The first kappa shape index (κ1) is 21.5. The maximum absolute atomic E-state index is 11.6. The van der Waals surface area contributed by atoms with Gasteiger partial charge in [-0.15, -0.1) is 11.3 Å². The van der Waals surface area contributed by atoms with Gasteiger partial charge in [0.15, 0.2) is 0 Å². The van der Waals surface area contributed by atoms with E-state index in [4.69, 9.17) is 9.84 Å². The summed E-state index contributed by atoms with van der Waals surface area (Å²) in [4.78, 5) is 30.9. The number of hydrogen-bond donors (Lipinski definition) is 2. The van der Waals surface area contributed by atoms with Crippen LogP contribution in [0.2, 0.25) is 0 Å². The van der Waals surface area contributed by atoms with Crippen molar-refractivity contribution in [1.29, 1.82) is 0 Å². The largest absolute Gasteiger partial charge is 0.489 e. The lowest BCUT2D eigenvalue weighted by molar-refractivity contribution is -0.119. The van der Waals surface area contributed by atoms with Crippen LogP contribution in [-0.4, -0.2) is 65.8 Å². The van der Waals surface area contributed by atoms with Crippen LogP contribution in [0.1, 0.15) is 13.3 Å². The summed E-state index contributed by atoms with van der Waals surface area (Å²) in [5.74, 6) is 1.03. The first-order valence-corrected chi connectivity index (χ1v) is 12.0. The Morgan fingerprint density at radius 2 is 1.94 bits per heavy atom. The number of thiazole rings is 1. The molecule has 2 aliphatic heterocycles. The van der Waals surface area contributed by atoms with Gasteiger partial charge < -0.3 is 25.0 Å². The molecule has 0 radical (unpaired) electrons. The second-order valence-electron chi connectivity index (χ2n) is 8.57. The van der Waals surface area contributed by atoms with E-state index >= 15 is 0 Å². The van der Waals surface area contributed by atoms with Crippen molar-refractivity contribution in [2.45, 2.75) is 19.4 Å². The molecule has 2 aromatic carbocycles. The van der Waals surface area contributed by atoms with Gasteiger partial charge in [0.1, 0.15) is 11.9 Å². The molecule has 2 fully saturated rings. The van der Waals surface area contributed by atoms with E-state index in [9.17, 15) is 9.59 Å². The standard InChI is InChI=1S/C24H26N4O4S/c1-15(18-12-22(29)25-13-18)32-21-11-17(10-20-23(21)33-14-26-20)16-2-4-19(5-3-16)27-6-8-28(9-7-27)24(30)31/h2-5,10-11,14-15,18H,6-9,12-13H2,1H3,(H,25,29)(H,30,31)/t15?,18-/m1/s1. The summed E-state index contributed by atoms with van der Waals surface area (Å²) in [6.45, 7) is 5.06. The Morgan fingerprint density at radius 3 is 2.61 bits per heavy atom. The molecule has 0 saturated carbocycles. The zero-order valence-electron chi connectivity index (χ0n) is 18.4. The predicted octanol–water partition coefficient (Wildman–Crippen LogP) is 3.67. The highest BCUT2D eigenvalue weighted by atomic mass is 32.1. The Bertz CT molecular complexity index is 1170. The zero-order valence-corrected chi connectivity index (χ0v) is 19.2. The lowest BCUT2D eigenvalue weighted by Gasteiger charge is -2.34. The number of hydrogen-bond acceptors (Lipinski definition) is 6. The molecular weight excluding hydrogens is 440 g/mol. The maximum atomic E-state index is 11.6. The number of anilines is 1. The summed E-state index contributed by atoms with van der Waals surface area (Å²) in [7, 11) is 0. The molecule has 2 N–H and O–H groups in total. The van der Waals surface area contributed by atoms with Gasteiger partial charge in [0.2, 0.25) is 5.91 Å². The van der Waals surface area contributed by atoms with Crippen LogP contribution in [0.15, 0.2) is 41.9 Å². The molecule has 2 amide bonds. The Labute approximate surface area is 195 Å². The van der Waals surface area contributed by atoms with Crippen LogP contribution in [0, 0.1) is 5.92 Å². The number of carboxylic acid groups (broad SMARTS) is 1. The van der Waals surface area contributed by atoms with Crippen LogP contribution in [-0.2, 0) is 4.79 Å². The smallest absolute Gasteiger partial charge is 0.407 e. The van der Waals surface area contributed by atoms with Gasteiger partial charge >= 0.3 is 6.09 Å². The molecule has 8 nitrogen and oxygen atoms in total. The number of piperazine rings is 1. The lowest BCUT2D eigenvalue weighted by atomic mass is 10.0. The predicted molar refractivity (Wildman–Crippen MR) is 128 cm³/mol. The van der Waals surface area contributed by atoms with E-state index in [0.717, 1.165) is 32.8 Å². The molecule has 9 heteroatoms. The van der Waals surface area contributed by atoms with Crippen molar-refractivity contribution in [3.8, 4) is 16.9 Å². The molecule has 33 heavy (non-hydrogen) atoms. The van der Waals surface area contributed by atoms with Crippen LogP contribution in [0.4, 0.5) is 10.5 Å². The second-order valence-corrected chi connectivity index (χ2v) is 9.42. The number of fused-ring (bicyclic) bond motifs is 1. The number of carbonyl (C=O) groups is 2. The van der Waals surface area contributed by atoms with E-state index in [0.29, 0.717) is 39.1 Å². The molecule has 0 aliphatic carbocycles. The van der Waals surface area contributed by atoms with Gasteiger partial charge in [0.25, 0.3) is 0 Å². The fourth-order valence-electron chi connectivity index (χ4n) is 4.47. The fraction of sp³-hybridized carbons (Fsp3) is 0.375. The minimum Gasteiger partial charge on any atom is -0.489 e. The normalized spacial score (nSPS) is 19.5. The quantitative estimate of drug-likeness (QED) is 0.596. The van der Waals surface area contributed by atoms with Crippen molar-refractivity contribution in [2.24, 2.45) is 5.92 Å². The minimum atomic E-state index is -0.856. The van der Waals surface area contributed by atoms with Crippen LogP contribution in [0.3, 0.4) is 0 Å². The second kappa shape index (κ2) is 8.90. The van der Waals surface area contributed by atoms with E-state index in [-0.39, 0.29) is 17.9 Å². The molecule has 2 aliphatic rings. The third-order valence-corrected chi connectivity index (χ3v) is 7.36. The molecule has 1 unspecified atom stereocenters. The van der Waals surface area contributed by atoms with Crippen LogP contribution >= 0.6 is 11.3 Å². The summed E-state index contributed by atoms with van der Waals surface area (Å²) in [6.07, 6.45) is -0.448. The fourth-order valence-corrected chi connectivity index (χ4v) is 5.20. The Balaban J connectivity index is 1.35. The number of ether oxygens (including phenoxy) is 1. The van der Waals surface area contributed by atoms with Crippen molar-refractivity contribution in [3.63, 3.8) is 0 Å². The lowest BCUT2D eigenvalue weighted by Crippen LogP contribution is -2.48. The van der Waals surface area contributed by atoms with E-state index in [1.165, 1.54) is 4.90 Å². The molecule has 3 aromatic rings. The van der Waals surface area contributed by atoms with Crippen molar-refractivity contribution in [3.05, 3.63) is 41.9 Å². The van der Waals surface area contributed by atoms with Crippen molar-refractivity contribution >= 4 is 39.2 Å². The monoisotopic (exact) mass is 466 g/mol. The first-order chi connectivity index (χ1) is 16.0. The maximum Gasteiger partial charge on any atom is 0.407 e. The molecular formula is C24H26N4O4S. The van der Waals surface area contributed by atoms with Gasteiger partial charge in [-0.1, -0.05) is 12.1 Å². The van der Waals surface area contributed by atoms with Crippen molar-refractivity contribution in [1.82, 2.24) is 15.2 Å². The Kier molecular flexibility index (Phi) is 5.80. The van der Waals surface area contributed by atoms with Crippen LogP contribution in [0.25, 0.3) is 21.3 Å². The molecule has 1 aromatic heterocycles. The average molecular weight is 467 g/mol. The number of nitrogens with one attached hydrogen (secondary N) is 1. The van der Waals surface area contributed by atoms with Gasteiger partial charge in [-0.25, -0.2) is 9.78 Å². The Morgan fingerprint density at radius 1 is 1.18 bits per heavy atom. The van der Waals surface area contributed by atoms with Crippen molar-refractivity contribution in [2.75, 3.05) is 37.6 Å². The zero-order chi connectivity index (χ0) is 22.9. The summed E-state index contributed by atoms with van der Waals surface area (Å²) in [5, 5.41) is 12.0. The number of amides is 2. The molecule has 172 valence electrons. The highest BCUT2D eigenvalue weighted by Crippen LogP contribution is 2.36. The topological polar surface area (TPSA) is 95.0 Å². The number of carbonyl (C=O) groups excluding carboxylic acids is 1. The van der Waals surface area contributed by atoms with E-state index in [2.05, 4.69) is 51.6 Å². The van der Waals surface area contributed by atoms with Crippen LogP contribution in [0.5, 0.6) is 5.75 Å². The Hall–Kier alpha value is -3.33. The molecule has 5 rings (SSSR count). The molecule has 3 heterocycles. The molecule has 2 atom stereocenters. The number of rotatable bonds is 5. The third-order valence-electron chi connectivity index (χ3n) is 6.50. The minimum absolute atomic E-state index is 0.0802. The summed E-state index contributed by atoms with van der Waals surface area (Å²) in [6, 6.07) is 12.5. The first-order valence-electron chi connectivity index (χ1n) is 11.1. The number of aromatic nitrogens is 1. The van der Waals surface area contributed by atoms with Gasteiger partial charge in [-0.05, 0) is 42.3 Å². The summed E-state index contributed by atoms with van der Waals surface area (Å²) < 4.78 is 7.36. The van der Waals surface area contributed by atoms with Gasteiger partial charge in [-0.3, -0.25) is 4.79 Å². The average Bonchev–Trinajstić information content (AvgIpc) is 3.48. The third kappa shape index (κ3) is 4.45. The highest BCUT2D eigenvalue weighted by Gasteiger charge is 2.28. The van der Waals surface area contributed by atoms with Gasteiger partial charge in [0, 0.05) is 50.7 Å².